The van der Waals surface area contributed by atoms with Gasteiger partial charge in [0.1, 0.15) is 5.60 Å². The molecule has 2 heterocycles. The number of aromatic nitrogens is 1. The Bertz CT molecular complexity index is 356. The molecular formula is C12H17ClN2O. The summed E-state index contributed by atoms with van der Waals surface area (Å²) in [5.74, 6) is 0.287. The second kappa shape index (κ2) is 4.32. The third-order valence-corrected chi connectivity index (χ3v) is 3.76. The molecule has 16 heavy (non-hydrogen) atoms. The highest BCUT2D eigenvalue weighted by Gasteiger charge is 2.44. The molecule has 0 amide bonds. The monoisotopic (exact) mass is 240 g/mol. The Hall–Kier alpha value is -0.640. The first-order chi connectivity index (χ1) is 7.55. The summed E-state index contributed by atoms with van der Waals surface area (Å²) in [5, 5.41) is 14.7. The zero-order valence-corrected chi connectivity index (χ0v) is 10.3. The van der Waals surface area contributed by atoms with Crippen LogP contribution in [0.5, 0.6) is 0 Å². The fourth-order valence-electron chi connectivity index (χ4n) is 2.43. The average molecular weight is 241 g/mol. The maximum Gasteiger partial charge on any atom is 0.114 e. The predicted octanol–water partition coefficient (Wildman–Crippen LogP) is 1.80. The molecule has 1 unspecified atom stereocenters. The van der Waals surface area contributed by atoms with E-state index in [1.165, 1.54) is 0 Å². The molecule has 1 saturated heterocycles. The van der Waals surface area contributed by atoms with E-state index in [2.05, 4.69) is 10.3 Å². The number of rotatable bonds is 1. The maximum absolute atomic E-state index is 10.8. The number of hydrogen-bond donors (Lipinski definition) is 2. The summed E-state index contributed by atoms with van der Waals surface area (Å²) >= 11 is 5.81. The van der Waals surface area contributed by atoms with E-state index in [1.807, 2.05) is 19.9 Å². The summed E-state index contributed by atoms with van der Waals surface area (Å²) in [5.41, 5.74) is -0.131. The lowest BCUT2D eigenvalue weighted by molar-refractivity contribution is -0.0840. The van der Waals surface area contributed by atoms with E-state index in [4.69, 9.17) is 11.6 Å². The Morgan fingerprint density at radius 2 is 2.00 bits per heavy atom. The lowest BCUT2D eigenvalue weighted by Gasteiger charge is -2.43. The molecule has 3 nitrogen and oxygen atoms in total. The zero-order chi connectivity index (χ0) is 11.8. The number of nitrogens with zero attached hydrogens (tertiary/aromatic N) is 1. The fourth-order valence-corrected chi connectivity index (χ4v) is 2.54. The molecule has 1 aromatic heterocycles. The van der Waals surface area contributed by atoms with Crippen LogP contribution in [0.2, 0.25) is 5.02 Å². The van der Waals surface area contributed by atoms with E-state index in [0.717, 1.165) is 18.8 Å². The molecular weight excluding hydrogens is 224 g/mol. The second-order valence-electron chi connectivity index (χ2n) is 4.65. The molecule has 3 atom stereocenters. The molecule has 0 spiro atoms. The van der Waals surface area contributed by atoms with E-state index in [1.54, 1.807) is 12.3 Å². The largest absolute Gasteiger partial charge is 0.383 e. The Balaban J connectivity index is 2.38. The van der Waals surface area contributed by atoms with Crippen LogP contribution >= 0.6 is 11.6 Å². The van der Waals surface area contributed by atoms with Crippen molar-refractivity contribution in [2.75, 3.05) is 13.1 Å². The van der Waals surface area contributed by atoms with Crippen molar-refractivity contribution in [3.8, 4) is 0 Å². The van der Waals surface area contributed by atoms with Crippen LogP contribution in [0.4, 0.5) is 0 Å². The third-order valence-electron chi connectivity index (χ3n) is 3.54. The Kier molecular flexibility index (Phi) is 3.19. The highest BCUT2D eigenvalue weighted by atomic mass is 35.5. The number of pyridine rings is 1. The predicted molar refractivity (Wildman–Crippen MR) is 64.3 cm³/mol. The second-order valence-corrected chi connectivity index (χ2v) is 5.08. The van der Waals surface area contributed by atoms with Crippen molar-refractivity contribution >= 4 is 11.6 Å². The topological polar surface area (TPSA) is 45.1 Å². The number of hydrogen-bond acceptors (Lipinski definition) is 3. The molecule has 0 aromatic carbocycles. The van der Waals surface area contributed by atoms with Crippen LogP contribution in [0.15, 0.2) is 18.3 Å². The first-order valence-electron chi connectivity index (χ1n) is 5.60. The average Bonchev–Trinajstić information content (AvgIpc) is 2.27. The Morgan fingerprint density at radius 1 is 1.38 bits per heavy atom. The van der Waals surface area contributed by atoms with Crippen LogP contribution in [0, 0.1) is 11.8 Å². The van der Waals surface area contributed by atoms with Gasteiger partial charge in [-0.3, -0.25) is 4.98 Å². The van der Waals surface area contributed by atoms with Crippen LogP contribution < -0.4 is 5.32 Å². The van der Waals surface area contributed by atoms with Gasteiger partial charge in [-0.15, -0.1) is 0 Å². The lowest BCUT2D eigenvalue weighted by Crippen LogP contribution is -2.53. The Morgan fingerprint density at radius 3 is 2.50 bits per heavy atom. The summed E-state index contributed by atoms with van der Waals surface area (Å²) in [4.78, 5) is 4.26. The quantitative estimate of drug-likeness (QED) is 0.787. The summed E-state index contributed by atoms with van der Waals surface area (Å²) < 4.78 is 0. The molecule has 2 rings (SSSR count). The molecule has 0 saturated carbocycles. The highest BCUT2D eigenvalue weighted by Crippen LogP contribution is 2.37. The van der Waals surface area contributed by atoms with E-state index < -0.39 is 5.60 Å². The van der Waals surface area contributed by atoms with Crippen molar-refractivity contribution in [2.24, 2.45) is 11.8 Å². The smallest absolute Gasteiger partial charge is 0.114 e. The molecule has 0 bridgehead atoms. The van der Waals surface area contributed by atoms with Gasteiger partial charge in [-0.1, -0.05) is 25.4 Å². The molecule has 1 aromatic rings. The van der Waals surface area contributed by atoms with Gasteiger partial charge in [-0.25, -0.2) is 0 Å². The zero-order valence-electron chi connectivity index (χ0n) is 9.57. The SMILES string of the molecule is C[C@@H]1CNC[C@H](C)C1(O)c1ccc(Cl)cn1. The van der Waals surface area contributed by atoms with Crippen molar-refractivity contribution in [3.05, 3.63) is 29.0 Å². The number of halogens is 1. The van der Waals surface area contributed by atoms with Crippen molar-refractivity contribution in [3.63, 3.8) is 0 Å². The minimum atomic E-state index is -0.851. The lowest BCUT2D eigenvalue weighted by atomic mass is 9.73. The number of aliphatic hydroxyl groups is 1. The van der Waals surface area contributed by atoms with Gasteiger partial charge in [0.25, 0.3) is 0 Å². The molecule has 4 heteroatoms. The molecule has 1 fully saturated rings. The van der Waals surface area contributed by atoms with Crippen LogP contribution in [-0.4, -0.2) is 23.2 Å². The summed E-state index contributed by atoms with van der Waals surface area (Å²) in [6, 6.07) is 3.60. The Labute approximate surface area is 101 Å². The van der Waals surface area contributed by atoms with Crippen LogP contribution in [0.3, 0.4) is 0 Å². The first-order valence-corrected chi connectivity index (χ1v) is 5.98. The van der Waals surface area contributed by atoms with Gasteiger partial charge in [0.15, 0.2) is 0 Å². The van der Waals surface area contributed by atoms with Gasteiger partial charge < -0.3 is 10.4 Å². The third kappa shape index (κ3) is 1.83. The van der Waals surface area contributed by atoms with Gasteiger partial charge in [0.05, 0.1) is 10.7 Å². The molecule has 0 aliphatic carbocycles. The van der Waals surface area contributed by atoms with Crippen molar-refractivity contribution in [1.82, 2.24) is 10.3 Å². The fraction of sp³-hybridized carbons (Fsp3) is 0.583. The standard InChI is InChI=1S/C12H17ClN2O/c1-8-5-14-6-9(2)12(8,16)11-4-3-10(13)7-15-11/h3-4,7-9,14,16H,5-6H2,1-2H3/t8-,9+,12?. The molecule has 1 aliphatic rings. The maximum atomic E-state index is 10.8. The number of piperidine rings is 1. The first kappa shape index (κ1) is 11.8. The molecule has 1 aliphatic heterocycles. The van der Waals surface area contributed by atoms with Gasteiger partial charge in [-0.2, -0.15) is 0 Å². The minimum Gasteiger partial charge on any atom is -0.383 e. The van der Waals surface area contributed by atoms with Crippen molar-refractivity contribution in [1.29, 1.82) is 0 Å². The van der Waals surface area contributed by atoms with Gasteiger partial charge >= 0.3 is 0 Å². The van der Waals surface area contributed by atoms with Gasteiger partial charge in [0.2, 0.25) is 0 Å². The van der Waals surface area contributed by atoms with E-state index in [-0.39, 0.29) is 11.8 Å². The summed E-state index contributed by atoms with van der Waals surface area (Å²) in [6.45, 7) is 5.70. The summed E-state index contributed by atoms with van der Waals surface area (Å²) in [7, 11) is 0. The van der Waals surface area contributed by atoms with Gasteiger partial charge in [-0.05, 0) is 12.1 Å². The van der Waals surface area contributed by atoms with Crippen LogP contribution in [0.25, 0.3) is 0 Å². The van der Waals surface area contributed by atoms with E-state index in [9.17, 15) is 5.11 Å². The van der Waals surface area contributed by atoms with Crippen LogP contribution in [0.1, 0.15) is 19.5 Å². The minimum absolute atomic E-state index is 0.143. The van der Waals surface area contributed by atoms with Crippen molar-refractivity contribution in [2.45, 2.75) is 19.4 Å². The number of nitrogens with one attached hydrogen (secondary N) is 1. The molecule has 2 N–H and O–H groups in total. The normalized spacial score (nSPS) is 35.0. The van der Waals surface area contributed by atoms with Crippen LogP contribution in [-0.2, 0) is 5.60 Å². The molecule has 0 radical (unpaired) electrons. The highest BCUT2D eigenvalue weighted by molar-refractivity contribution is 6.30. The van der Waals surface area contributed by atoms with Crippen molar-refractivity contribution < 1.29 is 5.11 Å². The molecule has 88 valence electrons. The van der Waals surface area contributed by atoms with Gasteiger partial charge in [0, 0.05) is 31.1 Å². The van der Waals surface area contributed by atoms with E-state index >= 15 is 0 Å². The summed E-state index contributed by atoms with van der Waals surface area (Å²) in [6.07, 6.45) is 1.59. The van der Waals surface area contributed by atoms with E-state index in [0.29, 0.717) is 5.02 Å².